The fourth-order valence-electron chi connectivity index (χ4n) is 9.96. The molecule has 1 aliphatic heterocycles. The van der Waals surface area contributed by atoms with Crippen molar-refractivity contribution in [3.05, 3.63) is 122 Å². The highest BCUT2D eigenvalue weighted by molar-refractivity contribution is 5.80. The number of rotatable bonds is 57. The average molecular weight is 1190 g/mol. The molecule has 1 rings (SSSR count). The van der Waals surface area contributed by atoms with Crippen LogP contribution in [0.15, 0.2) is 122 Å². The van der Waals surface area contributed by atoms with Crippen molar-refractivity contribution in [3.8, 4) is 0 Å². The third-order valence-corrected chi connectivity index (χ3v) is 15.3. The second-order valence-corrected chi connectivity index (χ2v) is 23.2. The molecule has 8 unspecified atom stereocenters. The largest absolute Gasteiger partial charge is 0.454 e. The molecule has 0 spiro atoms. The van der Waals surface area contributed by atoms with Crippen LogP contribution in [0.1, 0.15) is 271 Å². The maximum Gasteiger partial charge on any atom is 0.306 e. The number of hydrogen-bond acceptors (Lipinski definition) is 10. The Bertz CT molecular complexity index is 1850. The van der Waals surface area contributed by atoms with E-state index in [9.17, 15) is 35.1 Å². The van der Waals surface area contributed by atoms with Gasteiger partial charge in [-0.15, -0.1) is 0 Å². The number of esters is 1. The molecule has 0 aromatic carbocycles. The highest BCUT2D eigenvalue weighted by Crippen LogP contribution is 2.26. The van der Waals surface area contributed by atoms with Crippen molar-refractivity contribution in [1.82, 2.24) is 5.32 Å². The van der Waals surface area contributed by atoms with Gasteiger partial charge in [0.25, 0.3) is 0 Å². The van der Waals surface area contributed by atoms with Gasteiger partial charge in [0.1, 0.15) is 24.4 Å². The Labute approximate surface area is 519 Å². The van der Waals surface area contributed by atoms with E-state index in [2.05, 4.69) is 135 Å². The molecule has 1 aliphatic rings. The Balaban J connectivity index is 2.62. The number of carbonyl (C=O) groups is 2. The molecule has 11 nitrogen and oxygen atoms in total. The minimum atomic E-state index is -1.64. The SMILES string of the molecule is CC/C=C\C/C=C\C/C=C\C/C=C\C/C=C\C/C=C\CCCCC(=O)OC1C(OCC(NC(=O)C(O)CCCCCCCCCCCCC/C=C\C/C=C\C/C=C\CCCCC)C(O)/C=C/CCCCCCCCCCC)OC(CO)C(O)C1O. The molecule has 8 atom stereocenters. The van der Waals surface area contributed by atoms with Crippen LogP contribution >= 0.6 is 0 Å². The lowest BCUT2D eigenvalue weighted by atomic mass is 9.99. The number of aliphatic hydroxyl groups is 5. The average Bonchev–Trinajstić information content (AvgIpc) is 2.91. The van der Waals surface area contributed by atoms with Crippen LogP contribution in [0.2, 0.25) is 0 Å². The number of aliphatic hydroxyl groups excluding tert-OH is 5. The molecule has 0 aliphatic carbocycles. The van der Waals surface area contributed by atoms with Crippen molar-refractivity contribution in [3.63, 3.8) is 0 Å². The normalized spacial score (nSPS) is 19.2. The maximum absolute atomic E-state index is 13.5. The highest BCUT2D eigenvalue weighted by Gasteiger charge is 2.47. The summed E-state index contributed by atoms with van der Waals surface area (Å²) >= 11 is 0. The second kappa shape index (κ2) is 60.3. The van der Waals surface area contributed by atoms with Crippen molar-refractivity contribution < 1.29 is 49.3 Å². The molecule has 1 heterocycles. The number of ether oxygens (including phenoxy) is 3. The zero-order valence-corrected chi connectivity index (χ0v) is 53.9. The summed E-state index contributed by atoms with van der Waals surface area (Å²) in [6.07, 6.45) is 73.8. The zero-order valence-electron chi connectivity index (χ0n) is 53.9. The molecule has 0 saturated carbocycles. The van der Waals surface area contributed by atoms with E-state index in [1.165, 1.54) is 109 Å². The Morgan fingerprint density at radius 3 is 1.29 bits per heavy atom. The number of unbranched alkanes of at least 4 members (excludes halogenated alkanes) is 25. The molecule has 0 bridgehead atoms. The molecule has 0 aromatic rings. The molecule has 486 valence electrons. The second-order valence-electron chi connectivity index (χ2n) is 23.2. The minimum Gasteiger partial charge on any atom is -0.454 e. The van der Waals surface area contributed by atoms with Crippen molar-refractivity contribution in [2.45, 2.75) is 320 Å². The lowest BCUT2D eigenvalue weighted by Gasteiger charge is -2.41. The summed E-state index contributed by atoms with van der Waals surface area (Å²) in [5, 5.41) is 57.1. The van der Waals surface area contributed by atoms with Crippen LogP contribution < -0.4 is 5.32 Å². The Morgan fingerprint density at radius 2 is 0.847 bits per heavy atom. The fraction of sp³-hybridized carbons (Fsp3) is 0.703. The van der Waals surface area contributed by atoms with Crippen LogP contribution in [0.5, 0.6) is 0 Å². The van der Waals surface area contributed by atoms with Crippen LogP contribution in [0, 0.1) is 0 Å². The van der Waals surface area contributed by atoms with E-state index in [1.54, 1.807) is 6.08 Å². The van der Waals surface area contributed by atoms with Gasteiger partial charge in [0.05, 0.1) is 25.4 Å². The fourth-order valence-corrected chi connectivity index (χ4v) is 9.96. The predicted octanol–water partition coefficient (Wildman–Crippen LogP) is 17.4. The first-order valence-electron chi connectivity index (χ1n) is 34.3. The summed E-state index contributed by atoms with van der Waals surface area (Å²) in [5.41, 5.74) is 0. The van der Waals surface area contributed by atoms with Gasteiger partial charge < -0.3 is 45.1 Å². The summed E-state index contributed by atoms with van der Waals surface area (Å²) < 4.78 is 17.6. The van der Waals surface area contributed by atoms with Gasteiger partial charge in [0.15, 0.2) is 12.4 Å². The Hall–Kier alpha value is -3.94. The van der Waals surface area contributed by atoms with Gasteiger partial charge >= 0.3 is 5.97 Å². The van der Waals surface area contributed by atoms with Gasteiger partial charge in [0, 0.05) is 6.42 Å². The standard InChI is InChI=1S/C74H125NO10/c1-4-7-10-13-16-19-22-24-26-28-30-32-33-34-36-37-39-41-43-46-49-52-55-58-61-67(78)73(82)75-65(66(77)60-57-54-51-48-45-21-18-15-12-9-6-3)64-83-74-72(71(81)70(80)68(63-76)84-74)85-69(79)62-59-56-53-50-47-44-42-40-38-35-31-29-27-25-23-20-17-14-11-8-5-2/h8,11,16-17,19-20,24-27,30-32,35,40,42,47,50,57,60,65-68,70-72,74,76-78,80-81H,4-7,9-10,12-15,18,21-23,28-29,33-34,36-39,41,43-46,48-49,51-56,58-59,61-64H2,1-3H3,(H,75,82)/b11-8-,19-16-,20-17-,26-24-,27-25-,32-30-,35-31-,42-40-,50-47-,60-57+. The van der Waals surface area contributed by atoms with E-state index in [1.807, 2.05) is 6.08 Å². The molecular formula is C74H125NO10. The summed E-state index contributed by atoms with van der Waals surface area (Å²) in [6, 6.07) is -1.04. The summed E-state index contributed by atoms with van der Waals surface area (Å²) in [4.78, 5) is 26.6. The zero-order chi connectivity index (χ0) is 61.7. The van der Waals surface area contributed by atoms with Crippen molar-refractivity contribution in [2.75, 3.05) is 13.2 Å². The molecule has 0 aromatic heterocycles. The maximum atomic E-state index is 13.5. The third kappa shape index (κ3) is 47.8. The topological polar surface area (TPSA) is 175 Å². The highest BCUT2D eigenvalue weighted by atomic mass is 16.7. The van der Waals surface area contributed by atoms with E-state index in [4.69, 9.17) is 14.2 Å². The summed E-state index contributed by atoms with van der Waals surface area (Å²) in [5.74, 6) is -1.25. The van der Waals surface area contributed by atoms with Gasteiger partial charge in [-0.05, 0) is 116 Å². The first-order valence-corrected chi connectivity index (χ1v) is 34.3. The first kappa shape index (κ1) is 79.1. The van der Waals surface area contributed by atoms with Crippen molar-refractivity contribution in [2.24, 2.45) is 0 Å². The van der Waals surface area contributed by atoms with Crippen LogP contribution in [0.25, 0.3) is 0 Å². The molecule has 6 N–H and O–H groups in total. The van der Waals surface area contributed by atoms with Crippen LogP contribution in [0.3, 0.4) is 0 Å². The Kier molecular flexibility index (Phi) is 56.1. The van der Waals surface area contributed by atoms with Crippen LogP contribution in [-0.4, -0.2) is 99.6 Å². The molecular weight excluding hydrogens is 1060 g/mol. The van der Waals surface area contributed by atoms with E-state index in [0.29, 0.717) is 12.8 Å². The van der Waals surface area contributed by atoms with Gasteiger partial charge in [-0.3, -0.25) is 9.59 Å². The quantitative estimate of drug-likeness (QED) is 0.0195. The predicted molar refractivity (Wildman–Crippen MR) is 356 cm³/mol. The Morgan fingerprint density at radius 1 is 0.471 bits per heavy atom. The van der Waals surface area contributed by atoms with Gasteiger partial charge in [-0.2, -0.15) is 0 Å². The van der Waals surface area contributed by atoms with Gasteiger partial charge in [-0.1, -0.05) is 271 Å². The smallest absolute Gasteiger partial charge is 0.306 e. The lowest BCUT2D eigenvalue weighted by molar-refractivity contribution is -0.305. The lowest BCUT2D eigenvalue weighted by Crippen LogP contribution is -2.61. The van der Waals surface area contributed by atoms with E-state index >= 15 is 0 Å². The molecule has 1 saturated heterocycles. The van der Waals surface area contributed by atoms with Crippen molar-refractivity contribution in [1.29, 1.82) is 0 Å². The molecule has 1 fully saturated rings. The van der Waals surface area contributed by atoms with Crippen molar-refractivity contribution >= 4 is 11.9 Å². The molecule has 85 heavy (non-hydrogen) atoms. The van der Waals surface area contributed by atoms with E-state index < -0.39 is 67.4 Å². The van der Waals surface area contributed by atoms with Crippen LogP contribution in [-0.2, 0) is 23.8 Å². The van der Waals surface area contributed by atoms with E-state index in [0.717, 1.165) is 116 Å². The monoisotopic (exact) mass is 1190 g/mol. The molecule has 11 heteroatoms. The van der Waals surface area contributed by atoms with Crippen LogP contribution in [0.4, 0.5) is 0 Å². The minimum absolute atomic E-state index is 0.0624. The molecule has 0 radical (unpaired) electrons. The summed E-state index contributed by atoms with van der Waals surface area (Å²) in [7, 11) is 0. The number of nitrogens with one attached hydrogen (secondary N) is 1. The summed E-state index contributed by atoms with van der Waals surface area (Å²) in [6.45, 7) is 5.62. The number of carbonyl (C=O) groups excluding carboxylic acids is 2. The molecule has 1 amide bonds. The van der Waals surface area contributed by atoms with E-state index in [-0.39, 0.29) is 19.4 Å². The van der Waals surface area contributed by atoms with Gasteiger partial charge in [0.2, 0.25) is 5.91 Å². The number of amides is 1. The van der Waals surface area contributed by atoms with Gasteiger partial charge in [-0.25, -0.2) is 0 Å². The third-order valence-electron chi connectivity index (χ3n) is 15.3. The number of hydrogen-bond donors (Lipinski definition) is 6. The number of allylic oxidation sites excluding steroid dienone is 19. The first-order chi connectivity index (χ1) is 41.7.